The Morgan fingerprint density at radius 1 is 0.920 bits per heavy atom. The van der Waals surface area contributed by atoms with Gasteiger partial charge in [-0.2, -0.15) is 0 Å². The molecule has 0 aliphatic carbocycles. The summed E-state index contributed by atoms with van der Waals surface area (Å²) in [5.74, 6) is -1.73. The number of halogens is 1. The lowest BCUT2D eigenvalue weighted by molar-refractivity contribution is 0.0685. The molecule has 1 aromatic heterocycles. The summed E-state index contributed by atoms with van der Waals surface area (Å²) in [4.78, 5) is 10.8. The number of hydrogen-bond acceptors (Lipinski definition) is 5. The van der Waals surface area contributed by atoms with Crippen LogP contribution in [0.25, 0.3) is 10.9 Å². The number of aromatic carboxylic acids is 1. The van der Waals surface area contributed by atoms with Gasteiger partial charge in [0, 0.05) is 16.1 Å². The Morgan fingerprint density at radius 2 is 1.48 bits per heavy atom. The first-order valence-corrected chi connectivity index (χ1v) is 10.5. The highest BCUT2D eigenvalue weighted by Gasteiger charge is 2.35. The molecule has 2 aromatic carbocycles. The Kier molecular flexibility index (Phi) is 4.10. The van der Waals surface area contributed by atoms with Gasteiger partial charge in [-0.1, -0.05) is 36.4 Å². The van der Waals surface area contributed by atoms with Gasteiger partial charge in [-0.15, -0.1) is 0 Å². The zero-order valence-corrected chi connectivity index (χ0v) is 14.7. The van der Waals surface area contributed by atoms with Gasteiger partial charge in [-0.25, -0.2) is 25.6 Å². The van der Waals surface area contributed by atoms with Crippen LogP contribution in [0.4, 0.5) is 0 Å². The van der Waals surface area contributed by atoms with E-state index in [1.54, 1.807) is 6.07 Å². The van der Waals surface area contributed by atoms with Gasteiger partial charge in [-0.05, 0) is 18.2 Å². The molecule has 7 nitrogen and oxygen atoms in total. The van der Waals surface area contributed by atoms with Crippen molar-refractivity contribution in [2.24, 2.45) is 0 Å². The Hall–Kier alpha value is -2.36. The van der Waals surface area contributed by atoms with E-state index in [-0.39, 0.29) is 15.8 Å². The van der Waals surface area contributed by atoms with Crippen LogP contribution in [0, 0.1) is 0 Å². The molecule has 1 N–H and O–H groups in total. The van der Waals surface area contributed by atoms with E-state index < -0.39 is 35.6 Å². The maximum Gasteiger partial charge on any atom is 0.355 e. The number of carboxylic acid groups (broad SMARTS) is 1. The zero-order valence-electron chi connectivity index (χ0n) is 12.3. The Labute approximate surface area is 147 Å². The number of fused-ring (bicyclic) bond motifs is 1. The number of rotatable bonds is 4. The van der Waals surface area contributed by atoms with E-state index in [1.165, 1.54) is 48.5 Å². The standard InChI is InChI=1S/C15H10ClNO6S2/c16-24(20,21)14-11-8-4-5-9-12(11)17(13(14)15(18)19)25(22,23)10-6-2-1-3-7-10/h1-9H,(H,18,19). The van der Waals surface area contributed by atoms with Crippen molar-refractivity contribution in [2.45, 2.75) is 9.79 Å². The lowest BCUT2D eigenvalue weighted by Crippen LogP contribution is -2.19. The van der Waals surface area contributed by atoms with Gasteiger partial charge in [0.05, 0.1) is 10.4 Å². The molecule has 1 heterocycles. The Bertz CT molecular complexity index is 1200. The van der Waals surface area contributed by atoms with Crippen LogP contribution >= 0.6 is 10.7 Å². The molecular weight excluding hydrogens is 390 g/mol. The van der Waals surface area contributed by atoms with Crippen molar-refractivity contribution in [1.29, 1.82) is 0 Å². The molecule has 0 amide bonds. The third-order valence-corrected chi connectivity index (χ3v) is 6.61. The van der Waals surface area contributed by atoms with Gasteiger partial charge < -0.3 is 5.11 Å². The summed E-state index contributed by atoms with van der Waals surface area (Å²) in [6.07, 6.45) is 0. The summed E-state index contributed by atoms with van der Waals surface area (Å²) in [5.41, 5.74) is -1.02. The second kappa shape index (κ2) is 5.87. The number of nitrogens with zero attached hydrogens (tertiary/aromatic N) is 1. The third-order valence-electron chi connectivity index (χ3n) is 3.51. The molecule has 0 saturated heterocycles. The highest BCUT2D eigenvalue weighted by atomic mass is 35.7. The van der Waals surface area contributed by atoms with Gasteiger partial charge in [-0.3, -0.25) is 0 Å². The SMILES string of the molecule is O=C(O)c1c(S(=O)(=O)Cl)c2ccccc2n1S(=O)(=O)c1ccccc1. The van der Waals surface area contributed by atoms with Crippen LogP contribution in [-0.2, 0) is 19.1 Å². The largest absolute Gasteiger partial charge is 0.477 e. The number of benzene rings is 2. The first kappa shape index (κ1) is 17.5. The molecule has 0 unspecified atom stereocenters. The maximum absolute atomic E-state index is 13.0. The summed E-state index contributed by atoms with van der Waals surface area (Å²) in [5, 5.41) is 9.42. The first-order valence-electron chi connectivity index (χ1n) is 6.77. The monoisotopic (exact) mass is 399 g/mol. The van der Waals surface area contributed by atoms with Crippen molar-refractivity contribution in [3.63, 3.8) is 0 Å². The van der Waals surface area contributed by atoms with E-state index in [9.17, 15) is 26.7 Å². The third kappa shape index (κ3) is 2.80. The lowest BCUT2D eigenvalue weighted by atomic mass is 10.2. The first-order chi connectivity index (χ1) is 11.7. The van der Waals surface area contributed by atoms with Crippen LogP contribution in [0.3, 0.4) is 0 Å². The molecule has 0 spiro atoms. The van der Waals surface area contributed by atoms with E-state index in [4.69, 9.17) is 10.7 Å². The summed E-state index contributed by atoms with van der Waals surface area (Å²) in [6, 6.07) is 12.6. The minimum Gasteiger partial charge on any atom is -0.477 e. The zero-order chi connectivity index (χ0) is 18.4. The maximum atomic E-state index is 13.0. The van der Waals surface area contributed by atoms with E-state index >= 15 is 0 Å². The van der Waals surface area contributed by atoms with Crippen LogP contribution < -0.4 is 0 Å². The number of carboxylic acids is 1. The molecule has 25 heavy (non-hydrogen) atoms. The van der Waals surface area contributed by atoms with Gasteiger partial charge in [0.15, 0.2) is 5.69 Å². The number of para-hydroxylation sites is 1. The average Bonchev–Trinajstić information content (AvgIpc) is 2.92. The highest BCUT2D eigenvalue weighted by molar-refractivity contribution is 8.14. The highest BCUT2D eigenvalue weighted by Crippen LogP contribution is 2.35. The molecule has 0 fully saturated rings. The number of hydrogen-bond donors (Lipinski definition) is 1. The van der Waals surface area contributed by atoms with Crippen LogP contribution in [0.5, 0.6) is 0 Å². The van der Waals surface area contributed by atoms with E-state index in [0.717, 1.165) is 0 Å². The average molecular weight is 400 g/mol. The molecule has 0 radical (unpaired) electrons. The second-order valence-corrected chi connectivity index (χ2v) is 9.31. The van der Waals surface area contributed by atoms with Crippen LogP contribution in [0.1, 0.15) is 10.5 Å². The van der Waals surface area contributed by atoms with Gasteiger partial charge in [0.2, 0.25) is 0 Å². The predicted molar refractivity (Wildman–Crippen MR) is 91.0 cm³/mol. The molecule has 130 valence electrons. The van der Waals surface area contributed by atoms with Gasteiger partial charge in [0.25, 0.3) is 19.1 Å². The summed E-state index contributed by atoms with van der Waals surface area (Å²) in [6.45, 7) is 0. The van der Waals surface area contributed by atoms with Gasteiger partial charge in [0.1, 0.15) is 4.90 Å². The van der Waals surface area contributed by atoms with Crippen molar-refractivity contribution in [2.75, 3.05) is 0 Å². The van der Waals surface area contributed by atoms with Gasteiger partial charge >= 0.3 is 5.97 Å². The smallest absolute Gasteiger partial charge is 0.355 e. The van der Waals surface area contributed by atoms with E-state index in [0.29, 0.717) is 3.97 Å². The fourth-order valence-corrected chi connectivity index (χ4v) is 5.47. The van der Waals surface area contributed by atoms with Crippen LogP contribution in [0.2, 0.25) is 0 Å². The summed E-state index contributed by atoms with van der Waals surface area (Å²) >= 11 is 0. The molecule has 0 bridgehead atoms. The fraction of sp³-hybridized carbons (Fsp3) is 0. The number of aromatic nitrogens is 1. The Balaban J connectivity index is 2.57. The van der Waals surface area contributed by atoms with Crippen molar-refractivity contribution < 1.29 is 26.7 Å². The molecule has 10 heteroatoms. The molecule has 0 aliphatic heterocycles. The lowest BCUT2D eigenvalue weighted by Gasteiger charge is -2.10. The normalized spacial score (nSPS) is 12.4. The second-order valence-electron chi connectivity index (χ2n) is 5.02. The minimum absolute atomic E-state index is 0.0885. The van der Waals surface area contributed by atoms with Crippen molar-refractivity contribution >= 4 is 46.6 Å². The van der Waals surface area contributed by atoms with E-state index in [1.807, 2.05) is 0 Å². The Morgan fingerprint density at radius 3 is 2.04 bits per heavy atom. The quantitative estimate of drug-likeness (QED) is 0.675. The van der Waals surface area contributed by atoms with Crippen molar-refractivity contribution in [1.82, 2.24) is 3.97 Å². The van der Waals surface area contributed by atoms with E-state index in [2.05, 4.69) is 0 Å². The van der Waals surface area contributed by atoms with Crippen LogP contribution in [-0.4, -0.2) is 31.9 Å². The fourth-order valence-electron chi connectivity index (χ4n) is 2.56. The summed E-state index contributed by atoms with van der Waals surface area (Å²) < 4.78 is 50.3. The molecule has 0 saturated carbocycles. The minimum atomic E-state index is -4.52. The van der Waals surface area contributed by atoms with Crippen LogP contribution in [0.15, 0.2) is 64.4 Å². The molecule has 0 aliphatic rings. The summed E-state index contributed by atoms with van der Waals surface area (Å²) in [7, 11) is -3.49. The van der Waals surface area contributed by atoms with Crippen molar-refractivity contribution in [3.05, 3.63) is 60.3 Å². The molecule has 0 atom stereocenters. The molecular formula is C15H10ClNO6S2. The predicted octanol–water partition coefficient (Wildman–Crippen LogP) is 2.50. The topological polar surface area (TPSA) is 111 Å². The van der Waals surface area contributed by atoms with Crippen molar-refractivity contribution in [3.8, 4) is 0 Å². The number of carbonyl (C=O) groups is 1. The molecule has 3 rings (SSSR count). The molecule has 3 aromatic rings.